The van der Waals surface area contributed by atoms with Crippen molar-refractivity contribution < 1.29 is 9.59 Å². The van der Waals surface area contributed by atoms with E-state index in [1.54, 1.807) is 11.3 Å². The van der Waals surface area contributed by atoms with Gasteiger partial charge in [0.25, 0.3) is 0 Å². The number of aromatic nitrogens is 1. The van der Waals surface area contributed by atoms with Gasteiger partial charge in [-0.25, -0.2) is 4.98 Å². The van der Waals surface area contributed by atoms with Gasteiger partial charge in [0.15, 0.2) is 0 Å². The number of hydrogen-bond donors (Lipinski definition) is 0. The Labute approximate surface area is 145 Å². The number of hydrogen-bond acceptors (Lipinski definition) is 4. The highest BCUT2D eigenvalue weighted by Crippen LogP contribution is 2.31. The zero-order chi connectivity index (χ0) is 16.7. The topological polar surface area (TPSA) is 53.5 Å². The first-order valence-corrected chi connectivity index (χ1v) is 9.31. The Hall–Kier alpha value is -1.95. The molecule has 0 bridgehead atoms. The van der Waals surface area contributed by atoms with Crippen molar-refractivity contribution in [2.24, 2.45) is 5.92 Å². The molecule has 0 spiro atoms. The lowest BCUT2D eigenvalue weighted by Crippen LogP contribution is -2.47. The zero-order valence-electron chi connectivity index (χ0n) is 13.8. The summed E-state index contributed by atoms with van der Waals surface area (Å²) in [6.07, 6.45) is 2.69. The molecule has 2 fully saturated rings. The molecule has 2 aliphatic heterocycles. The molecule has 2 atom stereocenters. The highest BCUT2D eigenvalue weighted by Gasteiger charge is 2.41. The van der Waals surface area contributed by atoms with Crippen molar-refractivity contribution in [1.29, 1.82) is 0 Å². The van der Waals surface area contributed by atoms with E-state index in [2.05, 4.69) is 11.1 Å². The molecule has 0 radical (unpaired) electrons. The summed E-state index contributed by atoms with van der Waals surface area (Å²) in [5, 5.41) is 1.02. The van der Waals surface area contributed by atoms with Gasteiger partial charge in [-0.15, -0.1) is 11.3 Å². The van der Waals surface area contributed by atoms with Crippen LogP contribution in [0.3, 0.4) is 0 Å². The molecule has 5 nitrogen and oxygen atoms in total. The van der Waals surface area contributed by atoms with Crippen LogP contribution >= 0.6 is 11.3 Å². The lowest BCUT2D eigenvalue weighted by molar-refractivity contribution is -0.133. The van der Waals surface area contributed by atoms with Gasteiger partial charge in [-0.2, -0.15) is 0 Å². The fourth-order valence-electron chi connectivity index (χ4n) is 3.91. The first kappa shape index (κ1) is 15.6. The second-order valence-electron chi connectivity index (χ2n) is 6.74. The predicted octanol–water partition coefficient (Wildman–Crippen LogP) is 2.31. The standard InChI is InChI=1S/C18H21N3O2S/c1-20-14-8-9-21(11-12(14)10-18(20)23)17(22)7-6-16-19-13-4-2-3-5-15(13)24-16/h2-5,12,14H,6-11H2,1H3/t12-,14+/m1/s1. The van der Waals surface area contributed by atoms with Crippen molar-refractivity contribution in [1.82, 2.24) is 14.8 Å². The van der Waals surface area contributed by atoms with Crippen LogP contribution in [0.1, 0.15) is 24.3 Å². The van der Waals surface area contributed by atoms with Crippen molar-refractivity contribution in [3.63, 3.8) is 0 Å². The third-order valence-electron chi connectivity index (χ3n) is 5.27. The first-order valence-electron chi connectivity index (χ1n) is 8.49. The summed E-state index contributed by atoms with van der Waals surface area (Å²) in [4.78, 5) is 32.8. The lowest BCUT2D eigenvalue weighted by Gasteiger charge is -2.36. The van der Waals surface area contributed by atoms with Crippen LogP contribution < -0.4 is 0 Å². The molecule has 0 N–H and O–H groups in total. The first-order chi connectivity index (χ1) is 11.6. The van der Waals surface area contributed by atoms with Gasteiger partial charge in [0, 0.05) is 51.4 Å². The maximum atomic E-state index is 12.5. The van der Waals surface area contributed by atoms with Gasteiger partial charge < -0.3 is 9.80 Å². The Morgan fingerprint density at radius 1 is 1.38 bits per heavy atom. The summed E-state index contributed by atoms with van der Waals surface area (Å²) in [5.74, 6) is 0.714. The van der Waals surface area contributed by atoms with Crippen molar-refractivity contribution in [2.45, 2.75) is 31.7 Å². The van der Waals surface area contributed by atoms with Crippen LogP contribution in [-0.2, 0) is 16.0 Å². The van der Waals surface area contributed by atoms with Crippen LogP contribution in [0, 0.1) is 5.92 Å². The number of fused-ring (bicyclic) bond motifs is 2. The van der Waals surface area contributed by atoms with Crippen molar-refractivity contribution in [3.8, 4) is 0 Å². The molecule has 2 aromatic rings. The number of benzene rings is 1. The predicted molar refractivity (Wildman–Crippen MR) is 93.8 cm³/mol. The molecule has 4 rings (SSSR count). The van der Waals surface area contributed by atoms with Crippen LogP contribution in [-0.4, -0.2) is 52.8 Å². The molecular weight excluding hydrogens is 322 g/mol. The van der Waals surface area contributed by atoms with Crippen LogP contribution in [0.2, 0.25) is 0 Å². The van der Waals surface area contributed by atoms with Crippen LogP contribution in [0.5, 0.6) is 0 Å². The molecule has 2 amide bonds. The average Bonchev–Trinajstić information content (AvgIpc) is 3.13. The normalized spacial score (nSPS) is 23.8. The van der Waals surface area contributed by atoms with E-state index in [1.807, 2.05) is 35.0 Å². The number of carbonyl (C=O) groups excluding carboxylic acids is 2. The molecule has 1 aromatic carbocycles. The SMILES string of the molecule is CN1C(=O)C[C@@H]2CN(C(=O)CCc3nc4ccccc4s3)CC[C@@H]21. The number of para-hydroxylation sites is 1. The van der Waals surface area contributed by atoms with E-state index in [0.717, 1.165) is 30.0 Å². The molecule has 0 saturated carbocycles. The Morgan fingerprint density at radius 3 is 3.04 bits per heavy atom. The van der Waals surface area contributed by atoms with Gasteiger partial charge in [0.2, 0.25) is 11.8 Å². The number of rotatable bonds is 3. The van der Waals surface area contributed by atoms with Gasteiger partial charge in [-0.05, 0) is 18.6 Å². The number of aryl methyl sites for hydroxylation is 1. The largest absolute Gasteiger partial charge is 0.342 e. The van der Waals surface area contributed by atoms with Gasteiger partial charge in [0.1, 0.15) is 0 Å². The summed E-state index contributed by atoms with van der Waals surface area (Å²) in [5.41, 5.74) is 1.01. The van der Waals surface area contributed by atoms with E-state index in [4.69, 9.17) is 0 Å². The summed E-state index contributed by atoms with van der Waals surface area (Å²) < 4.78 is 1.17. The quantitative estimate of drug-likeness (QED) is 0.859. The van der Waals surface area contributed by atoms with Gasteiger partial charge in [0.05, 0.1) is 15.2 Å². The van der Waals surface area contributed by atoms with Crippen LogP contribution in [0.15, 0.2) is 24.3 Å². The Kier molecular flexibility index (Phi) is 4.00. The second kappa shape index (κ2) is 6.16. The number of piperidine rings is 1. The number of nitrogens with zero attached hydrogens (tertiary/aromatic N) is 3. The van der Waals surface area contributed by atoms with Crippen LogP contribution in [0.25, 0.3) is 10.2 Å². The minimum atomic E-state index is 0.190. The second-order valence-corrected chi connectivity index (χ2v) is 7.86. The van der Waals surface area contributed by atoms with Crippen molar-refractivity contribution >= 4 is 33.4 Å². The van der Waals surface area contributed by atoms with E-state index in [1.165, 1.54) is 4.70 Å². The minimum Gasteiger partial charge on any atom is -0.342 e. The summed E-state index contributed by atoms with van der Waals surface area (Å²) in [7, 11) is 1.89. The number of likely N-dealkylation sites (tertiary alicyclic amines) is 2. The summed E-state index contributed by atoms with van der Waals surface area (Å²) in [6, 6.07) is 8.40. The zero-order valence-corrected chi connectivity index (χ0v) is 14.6. The smallest absolute Gasteiger partial charge is 0.223 e. The Bertz CT molecular complexity index is 754. The van der Waals surface area contributed by atoms with E-state index < -0.39 is 0 Å². The summed E-state index contributed by atoms with van der Waals surface area (Å²) in [6.45, 7) is 1.48. The molecule has 24 heavy (non-hydrogen) atoms. The molecule has 126 valence electrons. The van der Waals surface area contributed by atoms with Crippen molar-refractivity contribution in [2.75, 3.05) is 20.1 Å². The monoisotopic (exact) mass is 343 g/mol. The summed E-state index contributed by atoms with van der Waals surface area (Å²) >= 11 is 1.67. The maximum Gasteiger partial charge on any atom is 0.223 e. The molecule has 6 heteroatoms. The number of thiazole rings is 1. The highest BCUT2D eigenvalue weighted by molar-refractivity contribution is 7.18. The Balaban J connectivity index is 1.36. The molecular formula is C18H21N3O2S. The van der Waals surface area contributed by atoms with E-state index in [0.29, 0.717) is 31.2 Å². The fraction of sp³-hybridized carbons (Fsp3) is 0.500. The van der Waals surface area contributed by atoms with E-state index in [-0.39, 0.29) is 11.8 Å². The molecule has 1 aromatic heterocycles. The average molecular weight is 343 g/mol. The van der Waals surface area contributed by atoms with Gasteiger partial charge in [-0.1, -0.05) is 12.1 Å². The maximum absolute atomic E-state index is 12.5. The van der Waals surface area contributed by atoms with Crippen molar-refractivity contribution in [3.05, 3.63) is 29.3 Å². The fourth-order valence-corrected chi connectivity index (χ4v) is 4.88. The Morgan fingerprint density at radius 2 is 2.21 bits per heavy atom. The third kappa shape index (κ3) is 2.79. The molecule has 0 aliphatic carbocycles. The van der Waals surface area contributed by atoms with Crippen LogP contribution in [0.4, 0.5) is 0 Å². The lowest BCUT2D eigenvalue weighted by atomic mass is 9.92. The molecule has 0 unspecified atom stereocenters. The minimum absolute atomic E-state index is 0.190. The molecule has 2 aliphatic rings. The van der Waals surface area contributed by atoms with Gasteiger partial charge >= 0.3 is 0 Å². The number of amides is 2. The molecule has 2 saturated heterocycles. The third-order valence-corrected chi connectivity index (χ3v) is 6.36. The van der Waals surface area contributed by atoms with Gasteiger partial charge in [-0.3, -0.25) is 9.59 Å². The highest BCUT2D eigenvalue weighted by atomic mass is 32.1. The van der Waals surface area contributed by atoms with E-state index in [9.17, 15) is 9.59 Å². The van der Waals surface area contributed by atoms with E-state index >= 15 is 0 Å². The number of carbonyl (C=O) groups is 2. The molecule has 3 heterocycles.